The van der Waals surface area contributed by atoms with Crippen LogP contribution in [0.5, 0.6) is 0 Å². The van der Waals surface area contributed by atoms with Gasteiger partial charge in [-0.1, -0.05) is 269 Å². The molecule has 0 fully saturated rings. The zero-order valence-corrected chi connectivity index (χ0v) is 45.0. The fraction of sp³-hybridized carbons (Fsp3) is 0.189. The van der Waals surface area contributed by atoms with E-state index < -0.39 is 10.8 Å². The Balaban J connectivity index is 1.13. The van der Waals surface area contributed by atoms with Gasteiger partial charge in [0, 0.05) is 17.1 Å². The van der Waals surface area contributed by atoms with Crippen molar-refractivity contribution in [2.24, 2.45) is 0 Å². The minimum atomic E-state index is -0.598. The number of benzene rings is 10. The Morgan fingerprint density at radius 1 is 0.253 bits per heavy atom. The minimum absolute atomic E-state index is 0.0144. The van der Waals surface area contributed by atoms with Crippen molar-refractivity contribution in [1.82, 2.24) is 0 Å². The summed E-state index contributed by atoms with van der Waals surface area (Å²) < 4.78 is 0. The van der Waals surface area contributed by atoms with Crippen LogP contribution in [-0.4, -0.2) is 0 Å². The molecular formula is C74H67N. The summed E-state index contributed by atoms with van der Waals surface area (Å²) in [6, 6.07) is 92.5. The quantitative estimate of drug-likeness (QED) is 0.147. The zero-order chi connectivity index (χ0) is 51.9. The average molecular weight is 970 g/mol. The fourth-order valence-electron chi connectivity index (χ4n) is 12.6. The summed E-state index contributed by atoms with van der Waals surface area (Å²) in [5, 5.41) is 0. The Morgan fingerprint density at radius 3 is 0.947 bits per heavy atom. The van der Waals surface area contributed by atoms with Gasteiger partial charge >= 0.3 is 0 Å². The van der Waals surface area contributed by atoms with Crippen LogP contribution >= 0.6 is 0 Å². The summed E-state index contributed by atoms with van der Waals surface area (Å²) in [6.07, 6.45) is 0. The largest absolute Gasteiger partial charge is 0.310 e. The van der Waals surface area contributed by atoms with Crippen LogP contribution in [0.3, 0.4) is 0 Å². The van der Waals surface area contributed by atoms with Crippen molar-refractivity contribution in [3.05, 3.63) is 304 Å². The van der Waals surface area contributed by atoms with Crippen molar-refractivity contribution < 1.29 is 0 Å². The molecule has 0 saturated carbocycles. The second kappa shape index (κ2) is 17.8. The molecule has 1 unspecified atom stereocenters. The van der Waals surface area contributed by atoms with Gasteiger partial charge in [0.15, 0.2) is 0 Å². The van der Waals surface area contributed by atoms with Crippen molar-refractivity contribution in [2.45, 2.75) is 89.4 Å². The molecule has 0 radical (unpaired) electrons. The maximum absolute atomic E-state index is 2.52. The molecule has 1 nitrogen and oxygen atoms in total. The van der Waals surface area contributed by atoms with Crippen LogP contribution in [0.4, 0.5) is 17.1 Å². The molecule has 75 heavy (non-hydrogen) atoms. The van der Waals surface area contributed by atoms with E-state index in [9.17, 15) is 0 Å². The summed E-state index contributed by atoms with van der Waals surface area (Å²) in [4.78, 5) is 2.51. The highest BCUT2D eigenvalue weighted by Gasteiger charge is 2.48. The van der Waals surface area contributed by atoms with Crippen molar-refractivity contribution in [1.29, 1.82) is 0 Å². The monoisotopic (exact) mass is 970 g/mol. The molecule has 0 N–H and O–H groups in total. The van der Waals surface area contributed by atoms with Crippen molar-refractivity contribution in [3.8, 4) is 33.4 Å². The van der Waals surface area contributed by atoms with Gasteiger partial charge in [0.2, 0.25) is 0 Å². The number of fused-ring (bicyclic) bond motifs is 6. The zero-order valence-electron chi connectivity index (χ0n) is 45.0. The molecular weight excluding hydrogens is 903 g/mol. The molecule has 1 atom stereocenters. The van der Waals surface area contributed by atoms with Crippen molar-refractivity contribution in [3.63, 3.8) is 0 Å². The van der Waals surface area contributed by atoms with E-state index in [2.05, 4.69) is 310 Å². The first kappa shape index (κ1) is 48.0. The molecule has 0 spiro atoms. The molecule has 0 saturated heterocycles. The Labute approximate surface area is 446 Å². The maximum atomic E-state index is 2.52. The number of rotatable bonds is 8. The molecule has 1 heteroatoms. The third-order valence-electron chi connectivity index (χ3n) is 16.6. The predicted octanol–water partition coefficient (Wildman–Crippen LogP) is 19.4. The van der Waals surface area contributed by atoms with Gasteiger partial charge in [0.1, 0.15) is 0 Å². The Kier molecular flexibility index (Phi) is 11.4. The van der Waals surface area contributed by atoms with E-state index in [0.717, 1.165) is 17.1 Å². The second-order valence-corrected chi connectivity index (χ2v) is 24.1. The Bertz CT molecular complexity index is 3650. The lowest BCUT2D eigenvalue weighted by molar-refractivity contribution is 0.588. The van der Waals surface area contributed by atoms with Crippen LogP contribution in [0, 0.1) is 0 Å². The van der Waals surface area contributed by atoms with E-state index in [1.54, 1.807) is 0 Å². The smallest absolute Gasteiger partial charge is 0.0714 e. The van der Waals surface area contributed by atoms with Crippen molar-refractivity contribution >= 4 is 17.1 Å². The SMILES string of the molecule is CC(C)(C)c1ccc(C2(c3ccccc3)c3ccccc3-c3ccc(N(c4ccc(-c5ccccc5)cc4)c4ccc5c(c4)C(c4ccc(C(C)(C)C)cc4)(c4ccc(C(C)(C)C)cc4)c4ccccc4-5)cc32)cc1. The van der Waals surface area contributed by atoms with Crippen LogP contribution in [0.2, 0.25) is 0 Å². The van der Waals surface area contributed by atoms with Gasteiger partial charge in [-0.2, -0.15) is 0 Å². The van der Waals surface area contributed by atoms with Crippen molar-refractivity contribution in [2.75, 3.05) is 4.90 Å². The highest BCUT2D eigenvalue weighted by Crippen LogP contribution is 2.60. The van der Waals surface area contributed by atoms with E-state index in [1.807, 2.05) is 0 Å². The third-order valence-corrected chi connectivity index (χ3v) is 16.6. The predicted molar refractivity (Wildman–Crippen MR) is 317 cm³/mol. The highest BCUT2D eigenvalue weighted by molar-refractivity contribution is 5.92. The van der Waals surface area contributed by atoms with Crippen LogP contribution in [-0.2, 0) is 27.1 Å². The van der Waals surface area contributed by atoms with E-state index >= 15 is 0 Å². The Hall–Kier alpha value is -8.00. The molecule has 368 valence electrons. The van der Waals surface area contributed by atoms with Gasteiger partial charge < -0.3 is 4.90 Å². The van der Waals surface area contributed by atoms with Crippen LogP contribution < -0.4 is 4.90 Å². The lowest BCUT2D eigenvalue weighted by Crippen LogP contribution is -2.29. The number of hydrogen-bond donors (Lipinski definition) is 0. The topological polar surface area (TPSA) is 3.24 Å². The van der Waals surface area contributed by atoms with Gasteiger partial charge in [-0.05, 0) is 147 Å². The first-order valence-corrected chi connectivity index (χ1v) is 26.9. The molecule has 10 aromatic carbocycles. The van der Waals surface area contributed by atoms with Gasteiger partial charge in [-0.15, -0.1) is 0 Å². The minimum Gasteiger partial charge on any atom is -0.310 e. The van der Waals surface area contributed by atoms with Crippen LogP contribution in [0.15, 0.2) is 243 Å². The number of nitrogens with zero attached hydrogens (tertiary/aromatic N) is 1. The molecule has 10 aromatic rings. The fourth-order valence-corrected chi connectivity index (χ4v) is 12.6. The summed E-state index contributed by atoms with van der Waals surface area (Å²) in [6.45, 7) is 20.7. The lowest BCUT2D eigenvalue weighted by atomic mass is 9.66. The summed E-state index contributed by atoms with van der Waals surface area (Å²) in [5.41, 5.74) is 23.8. The van der Waals surface area contributed by atoms with E-state index in [-0.39, 0.29) is 16.2 Å². The van der Waals surface area contributed by atoms with Gasteiger partial charge in [-0.25, -0.2) is 0 Å². The number of hydrogen-bond acceptors (Lipinski definition) is 1. The lowest BCUT2D eigenvalue weighted by Gasteiger charge is -2.36. The van der Waals surface area contributed by atoms with E-state index in [4.69, 9.17) is 0 Å². The molecule has 12 rings (SSSR count). The third kappa shape index (κ3) is 7.81. The van der Waals surface area contributed by atoms with Crippen LogP contribution in [0.1, 0.15) is 124 Å². The molecule has 0 amide bonds. The highest BCUT2D eigenvalue weighted by atomic mass is 15.1. The van der Waals surface area contributed by atoms with Gasteiger partial charge in [0.05, 0.1) is 10.8 Å². The normalized spacial score (nSPS) is 15.4. The summed E-state index contributed by atoms with van der Waals surface area (Å²) in [5.74, 6) is 0. The van der Waals surface area contributed by atoms with Gasteiger partial charge in [-0.3, -0.25) is 0 Å². The molecule has 0 heterocycles. The average Bonchev–Trinajstić information content (AvgIpc) is 3.95. The number of anilines is 3. The van der Waals surface area contributed by atoms with Crippen LogP contribution in [0.25, 0.3) is 33.4 Å². The molecule has 0 aromatic heterocycles. The molecule has 0 aliphatic heterocycles. The standard InChI is InChI=1S/C74H67N/c1-70(2,3)52-30-36-56(37-31-52)73(55-22-14-11-15-23-55)66-26-18-16-24-62(66)64-46-44-60(48-68(64)73)75(59-42-28-51(29-43-59)50-20-12-10-13-21-50)61-45-47-65-63-25-17-19-27-67(63)74(69(65)49-61,57-38-32-53(33-39-57)71(4,5)6)58-40-34-54(35-41-58)72(7,8)9/h10-49H,1-9H3. The van der Waals surface area contributed by atoms with E-state index in [1.165, 1.54) is 94.6 Å². The summed E-state index contributed by atoms with van der Waals surface area (Å²) >= 11 is 0. The first-order valence-electron chi connectivity index (χ1n) is 26.9. The molecule has 0 bridgehead atoms. The first-order chi connectivity index (χ1) is 36.1. The van der Waals surface area contributed by atoms with Gasteiger partial charge in [0.25, 0.3) is 0 Å². The maximum Gasteiger partial charge on any atom is 0.0714 e. The second-order valence-electron chi connectivity index (χ2n) is 24.1. The van der Waals surface area contributed by atoms with E-state index in [0.29, 0.717) is 0 Å². The Morgan fingerprint density at radius 2 is 0.560 bits per heavy atom. The summed E-state index contributed by atoms with van der Waals surface area (Å²) in [7, 11) is 0. The molecule has 2 aliphatic carbocycles. The molecule has 2 aliphatic rings.